The zero-order valence-corrected chi connectivity index (χ0v) is 14.7. The van der Waals surface area contributed by atoms with Gasteiger partial charge in [0.1, 0.15) is 6.29 Å². The van der Waals surface area contributed by atoms with Crippen LogP contribution in [0.2, 0.25) is 0 Å². The lowest BCUT2D eigenvalue weighted by molar-refractivity contribution is 0.112. The van der Waals surface area contributed by atoms with Crippen LogP contribution >= 0.6 is 0 Å². The Labute approximate surface area is 147 Å². The number of aryl methyl sites for hydroxylation is 1. The van der Waals surface area contributed by atoms with Crippen molar-refractivity contribution in [3.63, 3.8) is 0 Å². The van der Waals surface area contributed by atoms with Crippen molar-refractivity contribution >= 4 is 22.0 Å². The van der Waals surface area contributed by atoms with Gasteiger partial charge in [-0.3, -0.25) is 4.79 Å². The number of nitrogens with two attached hydrogens (primary N) is 1. The summed E-state index contributed by atoms with van der Waals surface area (Å²) in [4.78, 5) is 13.1. The summed E-state index contributed by atoms with van der Waals surface area (Å²) in [5.41, 5.74) is 3.06. The van der Waals surface area contributed by atoms with Crippen LogP contribution in [-0.4, -0.2) is 21.8 Å². The number of aldehydes is 1. The van der Waals surface area contributed by atoms with Gasteiger partial charge in [-0.1, -0.05) is 12.1 Å². The third-order valence-electron chi connectivity index (χ3n) is 3.85. The number of rotatable bonds is 7. The van der Waals surface area contributed by atoms with E-state index in [0.717, 1.165) is 23.1 Å². The summed E-state index contributed by atoms with van der Waals surface area (Å²) in [6.07, 6.45) is 1.63. The molecule has 0 bridgehead atoms. The number of benzene rings is 2. The molecule has 0 spiro atoms. The number of hydrogen-bond acceptors (Lipinski definition) is 5. The molecule has 0 saturated heterocycles. The largest absolute Gasteiger partial charge is 0.370 e. The first kappa shape index (κ1) is 18.6. The lowest BCUT2D eigenvalue weighted by Crippen LogP contribution is -2.18. The van der Waals surface area contributed by atoms with Gasteiger partial charge in [-0.25, -0.2) is 13.6 Å². The summed E-state index contributed by atoms with van der Waals surface area (Å²) in [7, 11) is -1.87. The zero-order chi connectivity index (χ0) is 18.4. The van der Waals surface area contributed by atoms with Crippen molar-refractivity contribution in [2.24, 2.45) is 5.14 Å². The Bertz CT molecular complexity index is 917. The predicted octanol–water partition coefficient (Wildman–Crippen LogP) is 2.24. The van der Waals surface area contributed by atoms with Crippen molar-refractivity contribution in [2.45, 2.75) is 24.3 Å². The second-order valence-electron chi connectivity index (χ2n) is 5.71. The molecule has 25 heavy (non-hydrogen) atoms. The van der Waals surface area contributed by atoms with E-state index in [4.69, 9.17) is 10.4 Å². The summed E-state index contributed by atoms with van der Waals surface area (Å²) < 4.78 is 22.9. The highest BCUT2D eigenvalue weighted by Crippen LogP contribution is 2.21. The van der Waals surface area contributed by atoms with Crippen LogP contribution in [0.5, 0.6) is 0 Å². The maximum Gasteiger partial charge on any atom is 0.238 e. The van der Waals surface area contributed by atoms with Gasteiger partial charge >= 0.3 is 0 Å². The molecule has 2 aromatic rings. The highest BCUT2D eigenvalue weighted by Gasteiger charge is 2.11. The van der Waals surface area contributed by atoms with Crippen molar-refractivity contribution in [3.8, 4) is 6.07 Å². The maximum atomic E-state index is 11.5. The van der Waals surface area contributed by atoms with Crippen molar-refractivity contribution in [1.82, 2.24) is 0 Å². The molecule has 0 atom stereocenters. The Hall–Kier alpha value is -2.69. The van der Waals surface area contributed by atoms with Gasteiger partial charge in [0.25, 0.3) is 0 Å². The molecule has 0 aliphatic carbocycles. The van der Waals surface area contributed by atoms with Crippen molar-refractivity contribution in [2.75, 3.05) is 11.9 Å². The molecule has 0 aliphatic heterocycles. The normalized spacial score (nSPS) is 10.9. The number of sulfonamides is 1. The molecule has 0 unspecified atom stereocenters. The molecule has 2 rings (SSSR count). The van der Waals surface area contributed by atoms with Crippen molar-refractivity contribution in [1.29, 1.82) is 5.26 Å². The van der Waals surface area contributed by atoms with E-state index in [2.05, 4.69) is 6.07 Å². The standard InChI is InChI=1S/C18H19N3O3S/c1-21(12-14-4-2-6-18(10-14)25(20,23)24)17-8-7-16(13-22)15(11-17)5-3-9-19/h2,4,6-8,10-11,13H,3,5,12H2,1H3,(H2,20,23,24). The average molecular weight is 357 g/mol. The highest BCUT2D eigenvalue weighted by atomic mass is 32.2. The van der Waals surface area contributed by atoms with Crippen LogP contribution in [-0.2, 0) is 23.0 Å². The first-order valence-corrected chi connectivity index (χ1v) is 9.17. The Balaban J connectivity index is 2.25. The first-order chi connectivity index (χ1) is 11.8. The lowest BCUT2D eigenvalue weighted by Gasteiger charge is -2.21. The van der Waals surface area contributed by atoms with E-state index in [9.17, 15) is 13.2 Å². The van der Waals surface area contributed by atoms with Gasteiger partial charge < -0.3 is 4.90 Å². The van der Waals surface area contributed by atoms with E-state index in [1.807, 2.05) is 30.1 Å². The highest BCUT2D eigenvalue weighted by molar-refractivity contribution is 7.89. The van der Waals surface area contributed by atoms with Crippen LogP contribution in [0.4, 0.5) is 5.69 Å². The molecule has 0 aromatic heterocycles. The second-order valence-corrected chi connectivity index (χ2v) is 7.27. The van der Waals surface area contributed by atoms with E-state index in [-0.39, 0.29) is 4.90 Å². The Morgan fingerprint density at radius 3 is 2.64 bits per heavy atom. The van der Waals surface area contributed by atoms with Gasteiger partial charge in [-0.05, 0) is 47.9 Å². The minimum absolute atomic E-state index is 0.0735. The van der Waals surface area contributed by atoms with E-state index >= 15 is 0 Å². The fourth-order valence-corrected chi connectivity index (χ4v) is 3.12. The summed E-state index contributed by atoms with van der Waals surface area (Å²) in [5, 5.41) is 13.9. The van der Waals surface area contributed by atoms with Gasteiger partial charge in [0.15, 0.2) is 0 Å². The van der Waals surface area contributed by atoms with Crippen LogP contribution in [0.25, 0.3) is 0 Å². The molecule has 0 fully saturated rings. The number of hydrogen-bond donors (Lipinski definition) is 1. The molecule has 0 aliphatic rings. The molecule has 7 heteroatoms. The van der Waals surface area contributed by atoms with Gasteiger partial charge in [-0.2, -0.15) is 5.26 Å². The summed E-state index contributed by atoms with van der Waals surface area (Å²) in [6, 6.07) is 14.0. The molecule has 0 saturated carbocycles. The van der Waals surface area contributed by atoms with Crippen LogP contribution in [0.1, 0.15) is 27.9 Å². The number of nitriles is 1. The van der Waals surface area contributed by atoms with Crippen molar-refractivity contribution < 1.29 is 13.2 Å². The molecule has 2 aromatic carbocycles. The molecule has 6 nitrogen and oxygen atoms in total. The molecular formula is C18H19N3O3S. The van der Waals surface area contributed by atoms with Crippen LogP contribution in [0, 0.1) is 11.3 Å². The number of carbonyl (C=O) groups excluding carboxylic acids is 1. The number of carbonyl (C=O) groups is 1. The molecule has 0 heterocycles. The average Bonchev–Trinajstić information content (AvgIpc) is 2.59. The summed E-state index contributed by atoms with van der Waals surface area (Å²) in [6.45, 7) is 0.474. The van der Waals surface area contributed by atoms with Crippen molar-refractivity contribution in [3.05, 3.63) is 59.2 Å². The van der Waals surface area contributed by atoms with Crippen LogP contribution in [0.15, 0.2) is 47.4 Å². The third kappa shape index (κ3) is 4.89. The third-order valence-corrected chi connectivity index (χ3v) is 4.76. The quantitative estimate of drug-likeness (QED) is 0.765. The number of primary sulfonamides is 1. The van der Waals surface area contributed by atoms with E-state index < -0.39 is 10.0 Å². The van der Waals surface area contributed by atoms with Gasteiger partial charge in [0, 0.05) is 31.3 Å². The van der Waals surface area contributed by atoms with E-state index in [1.54, 1.807) is 18.2 Å². The Morgan fingerprint density at radius 1 is 1.24 bits per heavy atom. The van der Waals surface area contributed by atoms with E-state index in [1.165, 1.54) is 6.07 Å². The monoisotopic (exact) mass is 357 g/mol. The first-order valence-electron chi connectivity index (χ1n) is 7.63. The second kappa shape index (κ2) is 7.92. The van der Waals surface area contributed by atoms with Crippen LogP contribution < -0.4 is 10.0 Å². The smallest absolute Gasteiger partial charge is 0.238 e. The van der Waals surface area contributed by atoms with E-state index in [0.29, 0.717) is 24.9 Å². The lowest BCUT2D eigenvalue weighted by atomic mass is 10.0. The SMILES string of the molecule is CN(Cc1cccc(S(N)(=O)=O)c1)c1ccc(C=O)c(CCC#N)c1. The summed E-state index contributed by atoms with van der Waals surface area (Å²) >= 11 is 0. The van der Waals surface area contributed by atoms with Crippen LogP contribution in [0.3, 0.4) is 0 Å². The molecule has 0 radical (unpaired) electrons. The fourth-order valence-electron chi connectivity index (χ4n) is 2.54. The predicted molar refractivity (Wildman–Crippen MR) is 95.7 cm³/mol. The number of anilines is 1. The van der Waals surface area contributed by atoms with Gasteiger partial charge in [-0.15, -0.1) is 0 Å². The molecular weight excluding hydrogens is 338 g/mol. The Morgan fingerprint density at radius 2 is 2.00 bits per heavy atom. The molecule has 130 valence electrons. The minimum atomic E-state index is -3.74. The zero-order valence-electron chi connectivity index (χ0n) is 13.8. The number of nitrogens with zero attached hydrogens (tertiary/aromatic N) is 2. The Kier molecular flexibility index (Phi) is 5.91. The summed E-state index contributed by atoms with van der Waals surface area (Å²) in [5.74, 6) is 0. The van der Waals surface area contributed by atoms with Gasteiger partial charge in [0.05, 0.1) is 11.0 Å². The molecule has 0 amide bonds. The topological polar surface area (TPSA) is 104 Å². The molecule has 2 N–H and O–H groups in total. The van der Waals surface area contributed by atoms with Gasteiger partial charge in [0.2, 0.25) is 10.0 Å². The minimum Gasteiger partial charge on any atom is -0.370 e. The fraction of sp³-hybridized carbons (Fsp3) is 0.222. The maximum absolute atomic E-state index is 11.5.